The number of fused-ring (bicyclic) bond motifs is 5. The fourth-order valence-corrected chi connectivity index (χ4v) is 5.87. The largest absolute Gasteiger partial charge is 0.366 e. The zero-order chi connectivity index (χ0) is 22.0. The van der Waals surface area contributed by atoms with E-state index in [0.29, 0.717) is 51.2 Å². The maximum atomic E-state index is 14.9. The van der Waals surface area contributed by atoms with Crippen LogP contribution in [0.15, 0.2) is 36.5 Å². The summed E-state index contributed by atoms with van der Waals surface area (Å²) in [4.78, 5) is 12.1. The van der Waals surface area contributed by atoms with Crippen molar-refractivity contribution in [3.05, 3.63) is 54.0 Å². The number of rotatable bonds is 3. The normalized spacial score (nSPS) is 25.0. The molecule has 7 rings (SSSR count). The van der Waals surface area contributed by atoms with E-state index in [1.54, 1.807) is 18.3 Å². The van der Waals surface area contributed by atoms with Crippen LogP contribution >= 0.6 is 0 Å². The topological polar surface area (TPSA) is 53.6 Å². The zero-order valence-electron chi connectivity index (χ0n) is 17.6. The highest BCUT2D eigenvalue weighted by atomic mass is 19.1. The van der Waals surface area contributed by atoms with Gasteiger partial charge in [0.15, 0.2) is 5.82 Å². The van der Waals surface area contributed by atoms with E-state index in [4.69, 9.17) is 4.98 Å². The highest BCUT2D eigenvalue weighted by molar-refractivity contribution is 5.97. The molecule has 4 aromatic rings. The van der Waals surface area contributed by atoms with Crippen LogP contribution in [0, 0.1) is 35.2 Å². The van der Waals surface area contributed by atoms with E-state index in [-0.39, 0.29) is 17.4 Å². The first-order chi connectivity index (χ1) is 15.5. The van der Waals surface area contributed by atoms with Gasteiger partial charge in [0.1, 0.15) is 23.3 Å². The van der Waals surface area contributed by atoms with Crippen LogP contribution in [0.1, 0.15) is 32.6 Å². The molecule has 0 saturated heterocycles. The first kappa shape index (κ1) is 19.6. The maximum Gasteiger partial charge on any atom is 0.164 e. The number of aromatic amines is 1. The molecule has 2 N–H and O–H groups in total. The number of anilines is 1. The van der Waals surface area contributed by atoms with Crippen LogP contribution in [-0.4, -0.2) is 21.0 Å². The molecule has 7 heteroatoms. The number of halogens is 3. The van der Waals surface area contributed by atoms with Crippen LogP contribution in [-0.2, 0) is 0 Å². The van der Waals surface area contributed by atoms with Crippen molar-refractivity contribution in [3.63, 3.8) is 0 Å². The van der Waals surface area contributed by atoms with Crippen molar-refractivity contribution in [3.8, 4) is 11.4 Å². The molecule has 3 aliphatic carbocycles. The second-order valence-corrected chi connectivity index (χ2v) is 9.25. The Bertz CT molecular complexity index is 1340. The van der Waals surface area contributed by atoms with Gasteiger partial charge in [-0.1, -0.05) is 13.0 Å². The van der Waals surface area contributed by atoms with Gasteiger partial charge in [-0.2, -0.15) is 0 Å². The van der Waals surface area contributed by atoms with Crippen LogP contribution in [0.5, 0.6) is 0 Å². The Kier molecular flexibility index (Phi) is 4.42. The average molecular weight is 436 g/mol. The Morgan fingerprint density at radius 2 is 1.75 bits per heavy atom. The summed E-state index contributed by atoms with van der Waals surface area (Å²) in [7, 11) is 0. The van der Waals surface area contributed by atoms with E-state index in [0.717, 1.165) is 6.07 Å². The van der Waals surface area contributed by atoms with Gasteiger partial charge in [-0.15, -0.1) is 0 Å². The minimum Gasteiger partial charge on any atom is -0.366 e. The molecule has 3 fully saturated rings. The predicted molar refractivity (Wildman–Crippen MR) is 119 cm³/mol. The second kappa shape index (κ2) is 7.22. The highest BCUT2D eigenvalue weighted by Gasteiger charge is 2.41. The van der Waals surface area contributed by atoms with Gasteiger partial charge >= 0.3 is 0 Å². The molecular formula is C25H23F3N4. The van der Waals surface area contributed by atoms with E-state index in [1.807, 2.05) is 0 Å². The number of nitrogens with zero attached hydrogens (tertiary/aromatic N) is 2. The molecule has 2 aromatic carbocycles. The quantitative estimate of drug-likeness (QED) is 0.389. The van der Waals surface area contributed by atoms with Crippen molar-refractivity contribution >= 4 is 27.6 Å². The molecule has 0 aliphatic heterocycles. The SMILES string of the molecule is C[C@@H]1C2CCC(CC2)[C@H]1Nc1nc(-c2c[nH]c3c(F)cc(F)cc23)nc2cccc(F)c12. The fraction of sp³-hybridized carbons (Fsp3) is 0.360. The fourth-order valence-electron chi connectivity index (χ4n) is 5.87. The van der Waals surface area contributed by atoms with Crippen molar-refractivity contribution < 1.29 is 13.2 Å². The Balaban J connectivity index is 1.52. The van der Waals surface area contributed by atoms with Gasteiger partial charge < -0.3 is 10.3 Å². The number of benzene rings is 2. The molecule has 32 heavy (non-hydrogen) atoms. The molecular weight excluding hydrogens is 413 g/mol. The van der Waals surface area contributed by atoms with Crippen LogP contribution in [0.25, 0.3) is 33.2 Å². The van der Waals surface area contributed by atoms with Gasteiger partial charge in [-0.05, 0) is 61.6 Å². The molecule has 3 aliphatic rings. The first-order valence-electron chi connectivity index (χ1n) is 11.2. The third-order valence-electron chi connectivity index (χ3n) is 7.56. The summed E-state index contributed by atoms with van der Waals surface area (Å²) in [6.07, 6.45) is 6.42. The Morgan fingerprint density at radius 1 is 0.969 bits per heavy atom. The van der Waals surface area contributed by atoms with Crippen molar-refractivity contribution in [1.82, 2.24) is 15.0 Å². The first-order valence-corrected chi connectivity index (χ1v) is 11.2. The lowest BCUT2D eigenvalue weighted by Crippen LogP contribution is -2.47. The van der Waals surface area contributed by atoms with Crippen LogP contribution < -0.4 is 5.32 Å². The maximum absolute atomic E-state index is 14.9. The summed E-state index contributed by atoms with van der Waals surface area (Å²) in [5, 5.41) is 4.27. The summed E-state index contributed by atoms with van der Waals surface area (Å²) in [6, 6.07) is 7.07. The molecule has 2 atom stereocenters. The zero-order valence-corrected chi connectivity index (χ0v) is 17.6. The Labute approximate surface area is 183 Å². The molecule has 0 radical (unpaired) electrons. The van der Waals surface area contributed by atoms with Gasteiger partial charge in [0.05, 0.1) is 16.4 Å². The van der Waals surface area contributed by atoms with Crippen molar-refractivity contribution in [2.75, 3.05) is 5.32 Å². The molecule has 0 unspecified atom stereocenters. The lowest BCUT2D eigenvalue weighted by atomic mass is 9.62. The number of hydrogen-bond acceptors (Lipinski definition) is 3. The highest BCUT2D eigenvalue weighted by Crippen LogP contribution is 2.46. The number of aromatic nitrogens is 3. The van der Waals surface area contributed by atoms with E-state index in [9.17, 15) is 13.2 Å². The number of hydrogen-bond donors (Lipinski definition) is 2. The van der Waals surface area contributed by atoms with Crippen LogP contribution in [0.2, 0.25) is 0 Å². The smallest absolute Gasteiger partial charge is 0.164 e. The van der Waals surface area contributed by atoms with Crippen molar-refractivity contribution in [2.45, 2.75) is 38.6 Å². The predicted octanol–water partition coefficient (Wildman–Crippen LogP) is 6.43. The third kappa shape index (κ3) is 2.98. The van der Waals surface area contributed by atoms with Crippen molar-refractivity contribution in [1.29, 1.82) is 0 Å². The minimum absolute atomic E-state index is 0.192. The standard InChI is InChI=1S/C25H23F3N4/c1-12-13-5-7-14(8-6-13)22(12)31-25-21-18(27)3-2-4-20(21)30-24(32-25)17-11-29-23-16(17)9-15(26)10-19(23)28/h2-4,9-14,22,29H,5-8H2,1H3,(H,30,31,32)/t12-,13?,14?,22+/m1/s1. The molecule has 0 amide bonds. The molecule has 3 saturated carbocycles. The molecule has 0 spiro atoms. The summed E-state index contributed by atoms with van der Waals surface area (Å²) in [6.45, 7) is 2.26. The third-order valence-corrected chi connectivity index (χ3v) is 7.56. The summed E-state index contributed by atoms with van der Waals surface area (Å²) >= 11 is 0. The molecule has 4 nitrogen and oxygen atoms in total. The van der Waals surface area contributed by atoms with E-state index in [1.165, 1.54) is 37.8 Å². The molecule has 164 valence electrons. The monoisotopic (exact) mass is 436 g/mol. The number of H-pyrrole nitrogens is 1. The van der Waals surface area contributed by atoms with Gasteiger partial charge in [0.25, 0.3) is 0 Å². The average Bonchev–Trinajstić information content (AvgIpc) is 3.20. The number of nitrogens with one attached hydrogen (secondary N) is 2. The van der Waals surface area contributed by atoms with Crippen molar-refractivity contribution in [2.24, 2.45) is 17.8 Å². The Morgan fingerprint density at radius 3 is 2.53 bits per heavy atom. The Hall–Kier alpha value is -3.09. The lowest BCUT2D eigenvalue weighted by molar-refractivity contribution is 0.0928. The molecule has 2 aromatic heterocycles. The summed E-state index contributed by atoms with van der Waals surface area (Å²) < 4.78 is 43.1. The van der Waals surface area contributed by atoms with E-state index in [2.05, 4.69) is 22.2 Å². The summed E-state index contributed by atoms with van der Waals surface area (Å²) in [5.41, 5.74) is 1.13. The van der Waals surface area contributed by atoms with Crippen LogP contribution in [0.3, 0.4) is 0 Å². The molecule has 2 bridgehead atoms. The second-order valence-electron chi connectivity index (χ2n) is 9.25. The van der Waals surface area contributed by atoms with E-state index < -0.39 is 11.6 Å². The van der Waals surface area contributed by atoms with Crippen LogP contribution in [0.4, 0.5) is 19.0 Å². The van der Waals surface area contributed by atoms with E-state index >= 15 is 0 Å². The lowest BCUT2D eigenvalue weighted by Gasteiger charge is -2.47. The minimum atomic E-state index is -0.677. The van der Waals surface area contributed by atoms with Gasteiger partial charge in [-0.3, -0.25) is 0 Å². The van der Waals surface area contributed by atoms with Gasteiger partial charge in [0.2, 0.25) is 0 Å². The summed E-state index contributed by atoms with van der Waals surface area (Å²) in [5.74, 6) is 0.687. The van der Waals surface area contributed by atoms with Gasteiger partial charge in [-0.25, -0.2) is 23.1 Å². The van der Waals surface area contributed by atoms with Gasteiger partial charge in [0, 0.05) is 29.3 Å². The molecule has 2 heterocycles.